The fraction of sp³-hybridized carbons (Fsp3) is 0.0909. The highest BCUT2D eigenvalue weighted by Crippen LogP contribution is 2.33. The molecular formula is C22H18N4O3S2. The van der Waals surface area contributed by atoms with Crippen molar-refractivity contribution in [3.63, 3.8) is 0 Å². The zero-order chi connectivity index (χ0) is 22.0. The Morgan fingerprint density at radius 1 is 1.13 bits per heavy atom. The number of aryl methyl sites for hydroxylation is 1. The number of carbonyl (C=O) groups excluding carboxylic acids is 2. The van der Waals surface area contributed by atoms with Gasteiger partial charge in [0.15, 0.2) is 5.16 Å². The minimum Gasteiger partial charge on any atom is -0.351 e. The Balaban J connectivity index is 1.86. The topological polar surface area (TPSA) is 107 Å². The molecule has 0 aliphatic rings. The van der Waals surface area contributed by atoms with Crippen LogP contribution < -0.4 is 16.6 Å². The number of rotatable bonds is 5. The van der Waals surface area contributed by atoms with Gasteiger partial charge in [-0.2, -0.15) is 0 Å². The zero-order valence-electron chi connectivity index (χ0n) is 16.5. The molecule has 0 saturated heterocycles. The molecular weight excluding hydrogens is 432 g/mol. The first-order chi connectivity index (χ1) is 14.9. The molecule has 156 valence electrons. The summed E-state index contributed by atoms with van der Waals surface area (Å²) >= 11 is 2.44. The Labute approximate surface area is 185 Å². The number of para-hydroxylation sites is 1. The van der Waals surface area contributed by atoms with Crippen LogP contribution in [0.2, 0.25) is 0 Å². The number of urea groups is 1. The van der Waals surface area contributed by atoms with Crippen molar-refractivity contribution in [3.8, 4) is 16.8 Å². The predicted molar refractivity (Wildman–Crippen MR) is 124 cm³/mol. The van der Waals surface area contributed by atoms with Crippen LogP contribution in [0.4, 0.5) is 4.79 Å². The number of thioether (sulfide) groups is 1. The fourth-order valence-electron chi connectivity index (χ4n) is 3.12. The van der Waals surface area contributed by atoms with Crippen LogP contribution in [0.1, 0.15) is 5.56 Å². The number of imide groups is 1. The highest BCUT2D eigenvalue weighted by molar-refractivity contribution is 7.99. The summed E-state index contributed by atoms with van der Waals surface area (Å²) < 4.78 is 1.49. The van der Waals surface area contributed by atoms with E-state index >= 15 is 0 Å². The Morgan fingerprint density at radius 3 is 2.52 bits per heavy atom. The number of fused-ring (bicyclic) bond motifs is 1. The molecule has 0 radical (unpaired) electrons. The second-order valence-electron chi connectivity index (χ2n) is 6.77. The Hall–Kier alpha value is -3.43. The van der Waals surface area contributed by atoms with Gasteiger partial charge in [-0.25, -0.2) is 9.78 Å². The number of primary amides is 1. The smallest absolute Gasteiger partial charge is 0.318 e. The lowest BCUT2D eigenvalue weighted by atomic mass is 10.1. The number of hydrogen-bond donors (Lipinski definition) is 2. The Morgan fingerprint density at radius 2 is 1.84 bits per heavy atom. The predicted octanol–water partition coefficient (Wildman–Crippen LogP) is 3.71. The number of aromatic nitrogens is 2. The number of amides is 3. The first kappa shape index (κ1) is 20.8. The third-order valence-corrected chi connectivity index (χ3v) is 6.36. The normalized spacial score (nSPS) is 10.9. The zero-order valence-corrected chi connectivity index (χ0v) is 18.1. The van der Waals surface area contributed by atoms with Crippen LogP contribution in [0.15, 0.2) is 69.9 Å². The second kappa shape index (κ2) is 8.75. The lowest BCUT2D eigenvalue weighted by Gasteiger charge is -2.12. The molecule has 0 atom stereocenters. The maximum absolute atomic E-state index is 13.6. The molecule has 31 heavy (non-hydrogen) atoms. The first-order valence-corrected chi connectivity index (χ1v) is 11.2. The van der Waals surface area contributed by atoms with Crippen molar-refractivity contribution < 1.29 is 9.59 Å². The van der Waals surface area contributed by atoms with E-state index in [1.807, 2.05) is 60.1 Å². The summed E-state index contributed by atoms with van der Waals surface area (Å²) in [6.45, 7) is 2.01. The quantitative estimate of drug-likeness (QED) is 0.356. The third kappa shape index (κ3) is 4.37. The van der Waals surface area contributed by atoms with Gasteiger partial charge >= 0.3 is 6.03 Å². The van der Waals surface area contributed by atoms with E-state index in [2.05, 4.69) is 4.98 Å². The van der Waals surface area contributed by atoms with E-state index in [-0.39, 0.29) is 11.3 Å². The Kier molecular flexibility index (Phi) is 5.88. The lowest BCUT2D eigenvalue weighted by molar-refractivity contribution is -0.117. The average Bonchev–Trinajstić information content (AvgIpc) is 3.17. The highest BCUT2D eigenvalue weighted by atomic mass is 32.2. The van der Waals surface area contributed by atoms with E-state index in [9.17, 15) is 14.4 Å². The van der Waals surface area contributed by atoms with E-state index in [1.165, 1.54) is 15.9 Å². The van der Waals surface area contributed by atoms with E-state index in [1.54, 1.807) is 12.1 Å². The summed E-state index contributed by atoms with van der Waals surface area (Å²) in [5.74, 6) is -0.665. The number of carbonyl (C=O) groups is 2. The van der Waals surface area contributed by atoms with Crippen LogP contribution in [0.25, 0.3) is 27.0 Å². The number of nitrogens with one attached hydrogen (secondary N) is 1. The van der Waals surface area contributed by atoms with Crippen LogP contribution in [0.3, 0.4) is 0 Å². The molecule has 2 heterocycles. The molecule has 4 rings (SSSR count). The SMILES string of the molecule is Cc1ccc(-c2csc3nc(SCC(=O)NC(N)=O)n(-c4ccccc4)c(=O)c23)cc1. The van der Waals surface area contributed by atoms with Gasteiger partial charge in [0.25, 0.3) is 5.56 Å². The molecule has 3 N–H and O–H groups in total. The van der Waals surface area contributed by atoms with Crippen molar-refractivity contribution in [3.05, 3.63) is 75.9 Å². The molecule has 0 aliphatic carbocycles. The van der Waals surface area contributed by atoms with Crippen LogP contribution in [-0.2, 0) is 4.79 Å². The number of benzene rings is 2. The summed E-state index contributed by atoms with van der Waals surface area (Å²) in [4.78, 5) is 41.7. The number of nitrogens with zero attached hydrogens (tertiary/aromatic N) is 2. The summed E-state index contributed by atoms with van der Waals surface area (Å²) in [6, 6.07) is 16.2. The van der Waals surface area contributed by atoms with Gasteiger partial charge in [-0.1, -0.05) is 59.8 Å². The minimum absolute atomic E-state index is 0.107. The van der Waals surface area contributed by atoms with Crippen LogP contribution in [0, 0.1) is 6.92 Å². The maximum atomic E-state index is 13.6. The van der Waals surface area contributed by atoms with Gasteiger partial charge in [-0.05, 0) is 24.6 Å². The number of nitrogens with two attached hydrogens (primary N) is 1. The van der Waals surface area contributed by atoms with Crippen LogP contribution in [-0.4, -0.2) is 27.2 Å². The second-order valence-corrected chi connectivity index (χ2v) is 8.57. The summed E-state index contributed by atoms with van der Waals surface area (Å²) in [6.07, 6.45) is 0. The molecule has 0 saturated carbocycles. The van der Waals surface area contributed by atoms with E-state index in [0.717, 1.165) is 28.5 Å². The van der Waals surface area contributed by atoms with Crippen molar-refractivity contribution in [2.24, 2.45) is 5.73 Å². The first-order valence-electron chi connectivity index (χ1n) is 9.33. The molecule has 2 aromatic carbocycles. The fourth-order valence-corrected chi connectivity index (χ4v) is 4.92. The molecule has 3 amide bonds. The minimum atomic E-state index is -0.921. The summed E-state index contributed by atoms with van der Waals surface area (Å²) in [5.41, 5.74) is 8.32. The van der Waals surface area contributed by atoms with E-state index < -0.39 is 11.9 Å². The largest absolute Gasteiger partial charge is 0.351 e. The van der Waals surface area contributed by atoms with Crippen LogP contribution in [0.5, 0.6) is 0 Å². The van der Waals surface area contributed by atoms with Gasteiger partial charge in [0.05, 0.1) is 16.8 Å². The van der Waals surface area contributed by atoms with Crippen LogP contribution >= 0.6 is 23.1 Å². The van der Waals surface area contributed by atoms with Crippen molar-refractivity contribution in [1.82, 2.24) is 14.9 Å². The molecule has 2 aromatic heterocycles. The third-order valence-electron chi connectivity index (χ3n) is 4.55. The average molecular weight is 451 g/mol. The van der Waals surface area contributed by atoms with Crippen molar-refractivity contribution in [2.45, 2.75) is 12.1 Å². The molecule has 9 heteroatoms. The van der Waals surface area contributed by atoms with Gasteiger partial charge in [0.1, 0.15) is 4.83 Å². The van der Waals surface area contributed by atoms with Crippen molar-refractivity contribution >= 4 is 45.3 Å². The molecule has 0 aliphatic heterocycles. The summed E-state index contributed by atoms with van der Waals surface area (Å²) in [5, 5.41) is 4.84. The molecule has 4 aromatic rings. The summed E-state index contributed by atoms with van der Waals surface area (Å²) in [7, 11) is 0. The monoisotopic (exact) mass is 450 g/mol. The van der Waals surface area contributed by atoms with Gasteiger partial charge in [0, 0.05) is 10.9 Å². The Bertz CT molecular complexity index is 1330. The number of thiophene rings is 1. The van der Waals surface area contributed by atoms with Crippen molar-refractivity contribution in [2.75, 3.05) is 5.75 Å². The van der Waals surface area contributed by atoms with Gasteiger partial charge in [-0.3, -0.25) is 19.5 Å². The van der Waals surface area contributed by atoms with Gasteiger partial charge < -0.3 is 5.73 Å². The van der Waals surface area contributed by atoms with Gasteiger partial charge in [-0.15, -0.1) is 11.3 Å². The molecule has 0 fully saturated rings. The van der Waals surface area contributed by atoms with E-state index in [0.29, 0.717) is 21.1 Å². The molecule has 7 nitrogen and oxygen atoms in total. The van der Waals surface area contributed by atoms with E-state index in [4.69, 9.17) is 5.73 Å². The van der Waals surface area contributed by atoms with Gasteiger partial charge in [0.2, 0.25) is 5.91 Å². The molecule has 0 bridgehead atoms. The van der Waals surface area contributed by atoms with Crippen molar-refractivity contribution in [1.29, 1.82) is 0 Å². The lowest BCUT2D eigenvalue weighted by Crippen LogP contribution is -2.36. The maximum Gasteiger partial charge on any atom is 0.318 e. The standard InChI is InChI=1S/C22H18N4O3S2/c1-13-7-9-14(10-8-13)16-11-30-19-18(16)20(28)26(15-5-3-2-4-6-15)22(25-19)31-12-17(27)24-21(23)29/h2-11H,12H2,1H3,(H3,23,24,27,29). The highest BCUT2D eigenvalue weighted by Gasteiger charge is 2.19. The molecule has 0 spiro atoms. The molecule has 0 unspecified atom stereocenters. The number of hydrogen-bond acceptors (Lipinski definition) is 6.